The molecule has 0 saturated heterocycles. The van der Waals surface area contributed by atoms with Crippen molar-refractivity contribution >= 4 is 11.6 Å². The fourth-order valence-electron chi connectivity index (χ4n) is 3.05. The number of nitrogens with zero attached hydrogens (tertiary/aromatic N) is 3. The van der Waals surface area contributed by atoms with Gasteiger partial charge in [0.15, 0.2) is 0 Å². The number of fused-ring (bicyclic) bond motifs is 1. The Labute approximate surface area is 115 Å². The maximum atomic E-state index is 12.0. The molecule has 0 amide bonds. The number of carbonyl (C=O) groups is 1. The van der Waals surface area contributed by atoms with Crippen LogP contribution < -0.4 is 5.56 Å². The second-order valence-electron chi connectivity index (χ2n) is 5.24. The molecule has 106 valence electrons. The van der Waals surface area contributed by atoms with Gasteiger partial charge in [0.2, 0.25) is 0 Å². The zero-order chi connectivity index (χ0) is 14.3. The van der Waals surface area contributed by atoms with Crippen molar-refractivity contribution in [2.45, 2.75) is 45.1 Å². The molecular weight excluding hydrogens is 258 g/mol. The minimum atomic E-state index is -1.09. The molecule has 1 N–H and O–H groups in total. The predicted molar refractivity (Wildman–Crippen MR) is 73.3 cm³/mol. The van der Waals surface area contributed by atoms with Crippen molar-refractivity contribution in [1.29, 1.82) is 0 Å². The van der Waals surface area contributed by atoms with Crippen LogP contribution in [0.25, 0.3) is 5.65 Å². The average molecular weight is 275 g/mol. The van der Waals surface area contributed by atoms with Crippen LogP contribution in [0.15, 0.2) is 16.9 Å². The summed E-state index contributed by atoms with van der Waals surface area (Å²) in [5.74, 6) is -0.692. The van der Waals surface area contributed by atoms with Gasteiger partial charge in [0.1, 0.15) is 11.3 Å². The SMILES string of the molecule is CCn1c(C(=O)O)cc(=O)n2nc(C3CCCC3)cc12. The summed E-state index contributed by atoms with van der Waals surface area (Å²) >= 11 is 0. The van der Waals surface area contributed by atoms with Gasteiger partial charge in [-0.3, -0.25) is 4.79 Å². The highest BCUT2D eigenvalue weighted by Crippen LogP contribution is 2.33. The smallest absolute Gasteiger partial charge is 0.352 e. The van der Waals surface area contributed by atoms with Crippen molar-refractivity contribution in [3.8, 4) is 0 Å². The van der Waals surface area contributed by atoms with E-state index in [1.54, 1.807) is 4.57 Å². The minimum absolute atomic E-state index is 0.0165. The fraction of sp³-hybridized carbons (Fsp3) is 0.500. The minimum Gasteiger partial charge on any atom is -0.477 e. The molecule has 1 aliphatic carbocycles. The van der Waals surface area contributed by atoms with E-state index in [0.717, 1.165) is 24.6 Å². The summed E-state index contributed by atoms with van der Waals surface area (Å²) < 4.78 is 2.94. The summed E-state index contributed by atoms with van der Waals surface area (Å²) in [7, 11) is 0. The molecule has 3 rings (SSSR count). The van der Waals surface area contributed by atoms with Gasteiger partial charge < -0.3 is 9.67 Å². The lowest BCUT2D eigenvalue weighted by atomic mass is 10.1. The van der Waals surface area contributed by atoms with Gasteiger partial charge in [0.25, 0.3) is 5.56 Å². The van der Waals surface area contributed by atoms with Gasteiger partial charge in [-0.05, 0) is 19.8 Å². The summed E-state index contributed by atoms with van der Waals surface area (Å²) in [6.45, 7) is 2.35. The molecule has 1 fully saturated rings. The van der Waals surface area contributed by atoms with Crippen molar-refractivity contribution < 1.29 is 9.90 Å². The highest BCUT2D eigenvalue weighted by Gasteiger charge is 2.22. The van der Waals surface area contributed by atoms with E-state index in [-0.39, 0.29) is 11.3 Å². The molecule has 2 aromatic rings. The van der Waals surface area contributed by atoms with Gasteiger partial charge in [-0.1, -0.05) is 12.8 Å². The zero-order valence-electron chi connectivity index (χ0n) is 11.4. The van der Waals surface area contributed by atoms with Crippen molar-refractivity contribution in [1.82, 2.24) is 14.2 Å². The Morgan fingerprint density at radius 3 is 2.70 bits per heavy atom. The number of aromatic nitrogens is 3. The maximum Gasteiger partial charge on any atom is 0.352 e. The number of aromatic carboxylic acids is 1. The first-order valence-electron chi connectivity index (χ1n) is 6.98. The molecule has 0 spiro atoms. The third-order valence-electron chi connectivity index (χ3n) is 4.05. The molecule has 2 aromatic heterocycles. The number of rotatable bonds is 3. The molecule has 1 aliphatic rings. The molecular formula is C14H17N3O3. The predicted octanol–water partition coefficient (Wildman–Crippen LogP) is 1.87. The van der Waals surface area contributed by atoms with Crippen LogP contribution in [0.3, 0.4) is 0 Å². The highest BCUT2D eigenvalue weighted by atomic mass is 16.4. The van der Waals surface area contributed by atoms with E-state index >= 15 is 0 Å². The highest BCUT2D eigenvalue weighted by molar-refractivity contribution is 5.86. The molecule has 1 saturated carbocycles. The van der Waals surface area contributed by atoms with Crippen LogP contribution in [0.2, 0.25) is 0 Å². The molecule has 0 aliphatic heterocycles. The van der Waals surface area contributed by atoms with Crippen LogP contribution in [0.4, 0.5) is 0 Å². The lowest BCUT2D eigenvalue weighted by Crippen LogP contribution is -2.23. The monoisotopic (exact) mass is 275 g/mol. The summed E-state index contributed by atoms with van der Waals surface area (Å²) in [4.78, 5) is 23.3. The Morgan fingerprint density at radius 1 is 1.40 bits per heavy atom. The Hall–Kier alpha value is -2.11. The van der Waals surface area contributed by atoms with Crippen LogP contribution in [-0.4, -0.2) is 25.3 Å². The van der Waals surface area contributed by atoms with Crippen molar-refractivity contribution in [2.75, 3.05) is 0 Å². The molecule has 6 heteroatoms. The van der Waals surface area contributed by atoms with Crippen molar-refractivity contribution in [3.05, 3.63) is 33.9 Å². The maximum absolute atomic E-state index is 12.0. The first-order chi connectivity index (χ1) is 9.61. The normalized spacial score (nSPS) is 16.1. The van der Waals surface area contributed by atoms with Gasteiger partial charge in [0, 0.05) is 24.6 Å². The van der Waals surface area contributed by atoms with E-state index in [1.807, 2.05) is 13.0 Å². The Kier molecular flexibility index (Phi) is 3.08. The summed E-state index contributed by atoms with van der Waals surface area (Å²) in [5.41, 5.74) is 1.11. The standard InChI is InChI=1S/C14H17N3O3/c1-2-16-11(14(19)20)8-13(18)17-12(16)7-10(15-17)9-5-3-4-6-9/h7-9H,2-6H2,1H3,(H,19,20). The third-order valence-corrected chi connectivity index (χ3v) is 4.05. The largest absolute Gasteiger partial charge is 0.477 e. The van der Waals surface area contributed by atoms with Gasteiger partial charge >= 0.3 is 5.97 Å². The number of carboxylic acids is 1. The molecule has 0 atom stereocenters. The van der Waals surface area contributed by atoms with Crippen LogP contribution >= 0.6 is 0 Å². The number of hydrogen-bond donors (Lipinski definition) is 1. The van der Waals surface area contributed by atoms with E-state index in [2.05, 4.69) is 5.10 Å². The van der Waals surface area contributed by atoms with E-state index in [9.17, 15) is 14.7 Å². The molecule has 6 nitrogen and oxygen atoms in total. The second kappa shape index (κ2) is 4.77. The fourth-order valence-corrected chi connectivity index (χ4v) is 3.05. The van der Waals surface area contributed by atoms with Crippen LogP contribution in [0.1, 0.15) is 54.7 Å². The first-order valence-corrected chi connectivity index (χ1v) is 6.98. The summed E-state index contributed by atoms with van der Waals surface area (Å²) in [6.07, 6.45) is 4.57. The van der Waals surface area contributed by atoms with Crippen LogP contribution in [0, 0.1) is 0 Å². The number of carboxylic acid groups (broad SMARTS) is 1. The Balaban J connectivity index is 2.24. The van der Waals surface area contributed by atoms with Crippen molar-refractivity contribution in [3.63, 3.8) is 0 Å². The van der Waals surface area contributed by atoms with Crippen LogP contribution in [-0.2, 0) is 6.54 Å². The zero-order valence-corrected chi connectivity index (χ0v) is 11.4. The Morgan fingerprint density at radius 2 is 2.10 bits per heavy atom. The van der Waals surface area contributed by atoms with Crippen molar-refractivity contribution in [2.24, 2.45) is 0 Å². The average Bonchev–Trinajstić information content (AvgIpc) is 3.07. The molecule has 0 radical (unpaired) electrons. The molecule has 20 heavy (non-hydrogen) atoms. The molecule has 0 unspecified atom stereocenters. The lowest BCUT2D eigenvalue weighted by molar-refractivity contribution is 0.0684. The summed E-state index contributed by atoms with van der Waals surface area (Å²) in [5, 5.41) is 13.6. The van der Waals surface area contributed by atoms with E-state index in [0.29, 0.717) is 18.1 Å². The van der Waals surface area contributed by atoms with E-state index in [1.165, 1.54) is 17.4 Å². The molecule has 0 bridgehead atoms. The second-order valence-corrected chi connectivity index (χ2v) is 5.24. The lowest BCUT2D eigenvalue weighted by Gasteiger charge is -2.09. The molecule has 2 heterocycles. The van der Waals surface area contributed by atoms with E-state index < -0.39 is 5.97 Å². The van der Waals surface area contributed by atoms with Gasteiger partial charge in [-0.2, -0.15) is 9.61 Å². The number of hydrogen-bond acceptors (Lipinski definition) is 3. The first kappa shape index (κ1) is 12.9. The topological polar surface area (TPSA) is 76.6 Å². The van der Waals surface area contributed by atoms with Gasteiger partial charge in [0.05, 0.1) is 5.69 Å². The summed E-state index contributed by atoms with van der Waals surface area (Å²) in [6, 6.07) is 3.01. The van der Waals surface area contributed by atoms with Gasteiger partial charge in [-0.15, -0.1) is 0 Å². The Bertz CT molecular complexity index is 723. The van der Waals surface area contributed by atoms with Gasteiger partial charge in [-0.25, -0.2) is 4.79 Å². The molecule has 0 aromatic carbocycles. The number of aryl methyl sites for hydroxylation is 1. The third kappa shape index (κ3) is 1.92. The quantitative estimate of drug-likeness (QED) is 0.927. The van der Waals surface area contributed by atoms with E-state index in [4.69, 9.17) is 0 Å². The van der Waals surface area contributed by atoms with Crippen LogP contribution in [0.5, 0.6) is 0 Å².